The number of rotatable bonds is 8. The second-order valence-electron chi connectivity index (χ2n) is 4.81. The lowest BCUT2D eigenvalue weighted by Crippen LogP contribution is -2.36. The van der Waals surface area contributed by atoms with E-state index < -0.39 is 16.1 Å². The lowest BCUT2D eigenvalue weighted by atomic mass is 10.2. The van der Waals surface area contributed by atoms with Gasteiger partial charge in [-0.15, -0.1) is 11.8 Å². The number of aliphatic hydroxyl groups is 1. The molecule has 20 heavy (non-hydrogen) atoms. The molecule has 0 bridgehead atoms. The number of anilines is 1. The van der Waals surface area contributed by atoms with Crippen molar-refractivity contribution in [3.63, 3.8) is 0 Å². The third kappa shape index (κ3) is 6.60. The Labute approximate surface area is 125 Å². The van der Waals surface area contributed by atoms with Crippen LogP contribution in [0.3, 0.4) is 0 Å². The first-order valence-electron chi connectivity index (χ1n) is 6.45. The zero-order valence-corrected chi connectivity index (χ0v) is 13.4. The molecule has 1 aromatic carbocycles. The highest BCUT2D eigenvalue weighted by molar-refractivity contribution is 8.00. The fraction of sp³-hybridized carbons (Fsp3) is 0.538. The van der Waals surface area contributed by atoms with Crippen molar-refractivity contribution in [3.8, 4) is 0 Å². The molecule has 0 saturated heterocycles. The van der Waals surface area contributed by atoms with Gasteiger partial charge in [0.15, 0.2) is 0 Å². The number of benzene rings is 1. The first-order chi connectivity index (χ1) is 9.30. The Kier molecular flexibility index (Phi) is 6.81. The topological polar surface area (TPSA) is 92.4 Å². The Bertz CT molecular complexity index is 518. The van der Waals surface area contributed by atoms with Gasteiger partial charge < -0.3 is 10.8 Å². The van der Waals surface area contributed by atoms with Crippen molar-refractivity contribution in [3.05, 3.63) is 24.3 Å². The maximum Gasteiger partial charge on any atom is 0.212 e. The SMILES string of the molecule is CC(O)CC(C)NS(=O)(=O)CCSc1ccccc1N. The molecule has 2 atom stereocenters. The fourth-order valence-corrected chi connectivity index (χ4v) is 4.47. The Morgan fingerprint density at radius 3 is 2.60 bits per heavy atom. The lowest BCUT2D eigenvalue weighted by Gasteiger charge is -2.15. The van der Waals surface area contributed by atoms with Crippen LogP contribution in [0, 0.1) is 0 Å². The largest absolute Gasteiger partial charge is 0.398 e. The Balaban J connectivity index is 2.42. The van der Waals surface area contributed by atoms with Crippen molar-refractivity contribution >= 4 is 27.5 Å². The van der Waals surface area contributed by atoms with Gasteiger partial charge in [0.05, 0.1) is 11.9 Å². The van der Waals surface area contributed by atoms with Crippen LogP contribution in [0.2, 0.25) is 0 Å². The van der Waals surface area contributed by atoms with Crippen molar-refractivity contribution in [1.29, 1.82) is 0 Å². The molecule has 5 nitrogen and oxygen atoms in total. The first-order valence-corrected chi connectivity index (χ1v) is 9.09. The molecule has 0 spiro atoms. The zero-order chi connectivity index (χ0) is 15.2. The Hall–Kier alpha value is -0.760. The van der Waals surface area contributed by atoms with Crippen LogP contribution in [0.1, 0.15) is 20.3 Å². The number of para-hydroxylation sites is 1. The van der Waals surface area contributed by atoms with Crippen molar-refractivity contribution in [2.75, 3.05) is 17.2 Å². The van der Waals surface area contributed by atoms with Crippen LogP contribution in [0.4, 0.5) is 5.69 Å². The van der Waals surface area contributed by atoms with Crippen LogP contribution in [-0.2, 0) is 10.0 Å². The van der Waals surface area contributed by atoms with Crippen LogP contribution in [0.5, 0.6) is 0 Å². The highest BCUT2D eigenvalue weighted by Crippen LogP contribution is 2.24. The molecule has 0 fully saturated rings. The second kappa shape index (κ2) is 7.87. The average Bonchev–Trinajstić information content (AvgIpc) is 2.29. The number of hydrogen-bond acceptors (Lipinski definition) is 5. The van der Waals surface area contributed by atoms with Gasteiger partial charge in [-0.05, 0) is 32.4 Å². The minimum absolute atomic E-state index is 0.0240. The summed E-state index contributed by atoms with van der Waals surface area (Å²) in [5, 5.41) is 9.22. The molecular weight excluding hydrogens is 296 g/mol. The molecular formula is C13H22N2O3S2. The fourth-order valence-electron chi connectivity index (χ4n) is 1.80. The van der Waals surface area contributed by atoms with Gasteiger partial charge in [0.2, 0.25) is 10.0 Å². The van der Waals surface area contributed by atoms with Crippen LogP contribution >= 0.6 is 11.8 Å². The van der Waals surface area contributed by atoms with Crippen molar-refractivity contribution < 1.29 is 13.5 Å². The first kappa shape index (κ1) is 17.3. The number of thioether (sulfide) groups is 1. The van der Waals surface area contributed by atoms with E-state index in [9.17, 15) is 13.5 Å². The van der Waals surface area contributed by atoms with E-state index in [1.807, 2.05) is 18.2 Å². The number of nitrogen functional groups attached to an aromatic ring is 1. The highest BCUT2D eigenvalue weighted by atomic mass is 32.2. The molecule has 0 radical (unpaired) electrons. The maximum atomic E-state index is 11.9. The second-order valence-corrected chi connectivity index (χ2v) is 7.82. The average molecular weight is 318 g/mol. The summed E-state index contributed by atoms with van der Waals surface area (Å²) in [5.41, 5.74) is 6.45. The van der Waals surface area contributed by atoms with Gasteiger partial charge in [0, 0.05) is 22.4 Å². The molecule has 0 aromatic heterocycles. The molecule has 0 heterocycles. The van der Waals surface area contributed by atoms with E-state index in [0.717, 1.165) is 4.90 Å². The summed E-state index contributed by atoms with van der Waals surface area (Å²) in [5.74, 6) is 0.459. The predicted octanol–water partition coefficient (Wildman–Crippen LogP) is 1.44. The van der Waals surface area contributed by atoms with Crippen molar-refractivity contribution in [1.82, 2.24) is 4.72 Å². The van der Waals surface area contributed by atoms with E-state index in [1.54, 1.807) is 19.9 Å². The standard InChI is InChI=1S/C13H22N2O3S2/c1-10(9-11(2)16)15-20(17,18)8-7-19-13-6-4-3-5-12(13)14/h3-6,10-11,15-16H,7-9,14H2,1-2H3. The Morgan fingerprint density at radius 1 is 1.35 bits per heavy atom. The van der Waals surface area contributed by atoms with Gasteiger partial charge in [-0.2, -0.15) is 0 Å². The molecule has 114 valence electrons. The number of nitrogens with one attached hydrogen (secondary N) is 1. The molecule has 2 unspecified atom stereocenters. The third-order valence-electron chi connectivity index (χ3n) is 2.60. The normalized spacial score (nSPS) is 14.9. The predicted molar refractivity (Wildman–Crippen MR) is 84.3 cm³/mol. The number of hydrogen-bond donors (Lipinski definition) is 3. The van der Waals surface area contributed by atoms with Gasteiger partial charge in [-0.3, -0.25) is 0 Å². The van der Waals surface area contributed by atoms with Crippen molar-refractivity contribution in [2.24, 2.45) is 0 Å². The minimum Gasteiger partial charge on any atom is -0.398 e. The molecule has 1 aromatic rings. The van der Waals surface area contributed by atoms with Crippen LogP contribution < -0.4 is 10.5 Å². The minimum atomic E-state index is -3.33. The molecule has 0 aliphatic carbocycles. The van der Waals surface area contributed by atoms with Crippen LogP contribution in [-0.4, -0.2) is 37.2 Å². The molecule has 7 heteroatoms. The molecule has 0 aliphatic heterocycles. The summed E-state index contributed by atoms with van der Waals surface area (Å²) < 4.78 is 26.3. The maximum absolute atomic E-state index is 11.9. The van der Waals surface area contributed by atoms with E-state index in [4.69, 9.17) is 5.73 Å². The molecule has 0 aliphatic rings. The lowest BCUT2D eigenvalue weighted by molar-refractivity contribution is 0.175. The summed E-state index contributed by atoms with van der Waals surface area (Å²) >= 11 is 1.42. The molecule has 0 saturated carbocycles. The Morgan fingerprint density at radius 2 is 2.00 bits per heavy atom. The summed E-state index contributed by atoms with van der Waals surface area (Å²) in [7, 11) is -3.33. The molecule has 1 rings (SSSR count). The highest BCUT2D eigenvalue weighted by Gasteiger charge is 2.15. The zero-order valence-electron chi connectivity index (χ0n) is 11.7. The van der Waals surface area contributed by atoms with E-state index in [1.165, 1.54) is 11.8 Å². The summed E-state index contributed by atoms with van der Waals surface area (Å²) in [4.78, 5) is 0.889. The van der Waals surface area contributed by atoms with Gasteiger partial charge >= 0.3 is 0 Å². The summed E-state index contributed by atoms with van der Waals surface area (Å²) in [6.07, 6.45) is -0.121. The summed E-state index contributed by atoms with van der Waals surface area (Å²) in [6.45, 7) is 3.38. The monoisotopic (exact) mass is 318 g/mol. The smallest absolute Gasteiger partial charge is 0.212 e. The summed E-state index contributed by atoms with van der Waals surface area (Å²) in [6, 6.07) is 7.10. The van der Waals surface area contributed by atoms with Gasteiger partial charge in [-0.25, -0.2) is 13.1 Å². The van der Waals surface area contributed by atoms with E-state index in [2.05, 4.69) is 4.72 Å². The van der Waals surface area contributed by atoms with Gasteiger partial charge in [-0.1, -0.05) is 12.1 Å². The van der Waals surface area contributed by atoms with E-state index in [0.29, 0.717) is 17.9 Å². The number of aliphatic hydroxyl groups excluding tert-OH is 1. The molecule has 4 N–H and O–H groups in total. The third-order valence-corrected chi connectivity index (χ3v) is 5.46. The quantitative estimate of drug-likeness (QED) is 0.498. The van der Waals surface area contributed by atoms with Gasteiger partial charge in [0.25, 0.3) is 0 Å². The van der Waals surface area contributed by atoms with Gasteiger partial charge in [0.1, 0.15) is 0 Å². The van der Waals surface area contributed by atoms with E-state index in [-0.39, 0.29) is 11.8 Å². The number of nitrogens with two attached hydrogens (primary N) is 1. The molecule has 0 amide bonds. The van der Waals surface area contributed by atoms with Crippen LogP contribution in [0.15, 0.2) is 29.2 Å². The number of sulfonamides is 1. The van der Waals surface area contributed by atoms with Crippen LogP contribution in [0.25, 0.3) is 0 Å². The van der Waals surface area contributed by atoms with Crippen molar-refractivity contribution in [2.45, 2.75) is 37.3 Å². The van der Waals surface area contributed by atoms with E-state index >= 15 is 0 Å².